The molecule has 0 aliphatic rings. The van der Waals surface area contributed by atoms with Crippen molar-refractivity contribution in [2.75, 3.05) is 0 Å². The minimum atomic E-state index is -5.24. The summed E-state index contributed by atoms with van der Waals surface area (Å²) in [6.07, 6.45) is 10.0. The molecule has 0 saturated heterocycles. The van der Waals surface area contributed by atoms with Gasteiger partial charge in [-0.05, 0) is 33.6 Å². The third-order valence-corrected chi connectivity index (χ3v) is 5.83. The fraction of sp³-hybridized carbons (Fsp3) is 1.00. The number of unbranched alkanes of at least 4 members (excludes halogenated alkanes) is 10. The lowest BCUT2D eigenvalue weighted by Crippen LogP contribution is -2.44. The van der Waals surface area contributed by atoms with Crippen molar-refractivity contribution in [3.05, 3.63) is 0 Å². The topological polar surface area (TPSA) is 0 Å². The highest BCUT2D eigenvalue weighted by Gasteiger charge is 2.64. The van der Waals surface area contributed by atoms with E-state index in [1.54, 1.807) is 0 Å². The first kappa shape index (κ1) is 70.9. The predicted octanol–water partition coefficient (Wildman–Crippen LogP) is 19.2. The van der Waals surface area contributed by atoms with Crippen molar-refractivity contribution in [2.24, 2.45) is 11.3 Å². The highest BCUT2D eigenvalue weighted by atomic mass is 19.4. The molecule has 0 bridgehead atoms. The maximum atomic E-state index is 12.1. The summed E-state index contributed by atoms with van der Waals surface area (Å²) in [6.45, 7) is 35.0. The van der Waals surface area contributed by atoms with Crippen LogP contribution < -0.4 is 0 Å². The quantitative estimate of drug-likeness (QED) is 0.146. The minimum Gasteiger partial charge on any atom is -0.238 e. The summed E-state index contributed by atoms with van der Waals surface area (Å²) in [5.74, 6) is -2.40. The van der Waals surface area contributed by atoms with Crippen LogP contribution in [0.2, 0.25) is 0 Å². The van der Waals surface area contributed by atoms with Crippen molar-refractivity contribution >= 4 is 0 Å². The molecule has 0 N–H and O–H groups in total. The third-order valence-electron chi connectivity index (χ3n) is 5.83. The van der Waals surface area contributed by atoms with E-state index < -0.39 is 29.4 Å². The summed E-state index contributed by atoms with van der Waals surface area (Å²) in [6, 6.07) is 0. The lowest BCUT2D eigenvalue weighted by Gasteiger charge is -2.29. The van der Waals surface area contributed by atoms with E-state index in [0.717, 1.165) is 19.8 Å². The standard InChI is InChI=1S/C7H16.C6H14.C5H6F6.C5H9F3.C5H12.2C4H10.C3H8.C2H6/c1-3-5-7-6-4-2;1-3-5-6-4-2;1-3(2,4(6,7)8)5(9,10)11;1-4(2,6)5(3,7)8;1-3-5-4-2;1-4(2)3;1-3-4-2;1-3-2;1-2/h3-7H2,1-2H3;3-6H2,1-2H3;1-2H3;1-3H3;3-5H2,1-2H3;4H,1-3H3;3-4H2,1-2H3;3H2,1-2H3;1-2H3. The van der Waals surface area contributed by atoms with E-state index in [2.05, 4.69) is 90.0 Å². The molecule has 0 atom stereocenters. The Kier molecular flexibility index (Phi) is 68.6. The van der Waals surface area contributed by atoms with Crippen LogP contribution in [0.4, 0.5) is 39.5 Å². The molecule has 0 fully saturated rings. The average molecular weight is 755 g/mol. The molecule has 0 spiro atoms. The van der Waals surface area contributed by atoms with Gasteiger partial charge in [0.05, 0.1) is 0 Å². The Morgan fingerprint density at radius 1 is 0.360 bits per heavy atom. The summed E-state index contributed by atoms with van der Waals surface area (Å²) < 4.78 is 106. The van der Waals surface area contributed by atoms with Crippen LogP contribution in [0.15, 0.2) is 0 Å². The van der Waals surface area contributed by atoms with E-state index in [0.29, 0.717) is 6.92 Å². The second-order valence-electron chi connectivity index (χ2n) is 13.5. The Morgan fingerprint density at radius 3 is 0.580 bits per heavy atom. The smallest absolute Gasteiger partial charge is 0.238 e. The monoisotopic (exact) mass is 755 g/mol. The summed E-state index contributed by atoms with van der Waals surface area (Å²) in [7, 11) is 0. The molecule has 0 aliphatic carbocycles. The Bertz CT molecular complexity index is 483. The van der Waals surface area contributed by atoms with Gasteiger partial charge in [-0.3, -0.25) is 0 Å². The van der Waals surface area contributed by atoms with Gasteiger partial charge in [0.25, 0.3) is 5.92 Å². The van der Waals surface area contributed by atoms with Crippen LogP contribution in [0.25, 0.3) is 0 Å². The zero-order chi connectivity index (χ0) is 42.7. The molecule has 0 unspecified atom stereocenters. The number of alkyl halides is 9. The lowest BCUT2D eigenvalue weighted by molar-refractivity contribution is -0.327. The Balaban J connectivity index is -0.0000000562. The van der Waals surface area contributed by atoms with Crippen molar-refractivity contribution in [3.8, 4) is 0 Å². The van der Waals surface area contributed by atoms with Gasteiger partial charge in [-0.2, -0.15) is 26.3 Å². The second-order valence-corrected chi connectivity index (χ2v) is 13.5. The van der Waals surface area contributed by atoms with Crippen molar-refractivity contribution in [2.45, 2.75) is 259 Å². The van der Waals surface area contributed by atoms with Crippen molar-refractivity contribution in [1.29, 1.82) is 0 Å². The van der Waals surface area contributed by atoms with Crippen LogP contribution in [0.5, 0.6) is 0 Å². The fourth-order valence-corrected chi connectivity index (χ4v) is 1.69. The van der Waals surface area contributed by atoms with Crippen LogP contribution in [0, 0.1) is 11.3 Å². The fourth-order valence-electron chi connectivity index (χ4n) is 1.69. The molecule has 50 heavy (non-hydrogen) atoms. The highest BCUT2D eigenvalue weighted by Crippen LogP contribution is 2.49. The molecule has 318 valence electrons. The molecular weight excluding hydrogens is 663 g/mol. The maximum absolute atomic E-state index is 12.1. The molecule has 0 aromatic heterocycles. The number of rotatable bonds is 11. The van der Waals surface area contributed by atoms with Gasteiger partial charge in [0.15, 0.2) is 11.1 Å². The van der Waals surface area contributed by atoms with Gasteiger partial charge in [0.2, 0.25) is 0 Å². The average Bonchev–Trinajstić information content (AvgIpc) is 2.97. The third kappa shape index (κ3) is 77.0. The van der Waals surface area contributed by atoms with Crippen molar-refractivity contribution in [3.63, 3.8) is 0 Å². The Morgan fingerprint density at radius 2 is 0.520 bits per heavy atom. The van der Waals surface area contributed by atoms with E-state index in [4.69, 9.17) is 0 Å². The highest BCUT2D eigenvalue weighted by molar-refractivity contribution is 4.84. The van der Waals surface area contributed by atoms with Gasteiger partial charge in [-0.15, -0.1) is 0 Å². The molecule has 0 saturated carbocycles. The predicted molar refractivity (Wildman–Crippen MR) is 210 cm³/mol. The summed E-state index contributed by atoms with van der Waals surface area (Å²) in [4.78, 5) is 0. The van der Waals surface area contributed by atoms with Gasteiger partial charge in [0.1, 0.15) is 0 Å². The first-order valence-electron chi connectivity index (χ1n) is 19.8. The molecule has 0 nitrogen and oxygen atoms in total. The molecule has 0 heterocycles. The van der Waals surface area contributed by atoms with Crippen LogP contribution in [0.1, 0.15) is 235 Å². The lowest BCUT2D eigenvalue weighted by atomic mass is 9.92. The summed E-state index contributed by atoms with van der Waals surface area (Å²) in [5, 5.41) is 0. The van der Waals surface area contributed by atoms with Crippen LogP contribution in [-0.4, -0.2) is 23.9 Å². The van der Waals surface area contributed by atoms with Crippen LogP contribution in [0.3, 0.4) is 0 Å². The van der Waals surface area contributed by atoms with Crippen molar-refractivity contribution in [1.82, 2.24) is 0 Å². The van der Waals surface area contributed by atoms with Gasteiger partial charge < -0.3 is 0 Å². The first-order valence-corrected chi connectivity index (χ1v) is 19.8. The Labute approximate surface area is 309 Å². The van der Waals surface area contributed by atoms with E-state index >= 15 is 0 Å². The van der Waals surface area contributed by atoms with Gasteiger partial charge in [0, 0.05) is 6.92 Å². The molecule has 0 aromatic rings. The van der Waals surface area contributed by atoms with Gasteiger partial charge in [-0.1, -0.05) is 200 Å². The zero-order valence-corrected chi connectivity index (χ0v) is 37.1. The first-order chi connectivity index (χ1) is 22.6. The molecule has 0 rings (SSSR count). The molecule has 0 amide bonds. The molecule has 0 radical (unpaired) electrons. The van der Waals surface area contributed by atoms with Gasteiger partial charge in [-0.25, -0.2) is 13.2 Å². The summed E-state index contributed by atoms with van der Waals surface area (Å²) >= 11 is 0. The number of hydrogen-bond donors (Lipinski definition) is 0. The van der Waals surface area contributed by atoms with Gasteiger partial charge >= 0.3 is 12.4 Å². The van der Waals surface area contributed by atoms with Crippen molar-refractivity contribution < 1.29 is 39.5 Å². The normalized spacial score (nSPS) is 10.7. The SMILES string of the molecule is CC.CC(C)(C(F)(F)F)C(F)(F)F.CC(C)(F)C(C)(F)F.CC(C)C.CCC.CCCC.CCCCC.CCCCCC.CCCCCCC. The summed E-state index contributed by atoms with van der Waals surface area (Å²) in [5.41, 5.74) is -6.02. The maximum Gasteiger partial charge on any atom is 0.402 e. The largest absolute Gasteiger partial charge is 0.402 e. The number of hydrogen-bond acceptors (Lipinski definition) is 0. The minimum absolute atomic E-state index is 0.104. The van der Waals surface area contributed by atoms with Crippen LogP contribution in [-0.2, 0) is 0 Å². The molecule has 0 aromatic carbocycles. The van der Waals surface area contributed by atoms with E-state index in [1.165, 1.54) is 96.3 Å². The molecule has 9 heteroatoms. The molecule has 0 aliphatic heterocycles. The van der Waals surface area contributed by atoms with E-state index in [1.807, 2.05) is 13.8 Å². The number of halogens is 9. The Hall–Kier alpha value is -0.630. The zero-order valence-electron chi connectivity index (χ0n) is 37.1. The van der Waals surface area contributed by atoms with Crippen LogP contribution >= 0.6 is 0 Å². The second kappa shape index (κ2) is 48.4. The van der Waals surface area contributed by atoms with E-state index in [9.17, 15) is 39.5 Å². The molecular formula is C41H91F9. The van der Waals surface area contributed by atoms with E-state index in [-0.39, 0.29) is 13.8 Å².